The molecule has 0 heterocycles. The molecule has 1 aromatic carbocycles. The molecule has 0 aliphatic heterocycles. The monoisotopic (exact) mass is 490 g/mol. The van der Waals surface area contributed by atoms with Crippen LogP contribution in [0.1, 0.15) is 63.9 Å². The van der Waals surface area contributed by atoms with Gasteiger partial charge in [0.25, 0.3) is 6.10 Å². The molecular formula is C22H29F6O2V-. The molecule has 9 heteroatoms. The van der Waals surface area contributed by atoms with Crippen molar-refractivity contribution >= 4 is 0 Å². The van der Waals surface area contributed by atoms with Crippen LogP contribution in [0.25, 0.3) is 0 Å². The summed E-state index contributed by atoms with van der Waals surface area (Å²) in [7, 11) is 0. The molecule has 1 aliphatic carbocycles. The Morgan fingerprint density at radius 2 is 1.48 bits per heavy atom. The fourth-order valence-corrected chi connectivity index (χ4v) is 3.82. The predicted molar refractivity (Wildman–Crippen MR) is 102 cm³/mol. The van der Waals surface area contributed by atoms with E-state index in [1.165, 1.54) is 12.1 Å². The molecule has 1 fully saturated rings. The van der Waals surface area contributed by atoms with Crippen molar-refractivity contribution in [3.05, 3.63) is 36.8 Å². The van der Waals surface area contributed by atoms with E-state index in [4.69, 9.17) is 4.74 Å². The molecule has 1 aromatic rings. The van der Waals surface area contributed by atoms with E-state index in [2.05, 4.69) is 25.5 Å². The smallest absolute Gasteiger partial charge is 0.423 e. The summed E-state index contributed by atoms with van der Waals surface area (Å²) in [6.07, 6.45) is -12.6. The zero-order valence-corrected chi connectivity index (χ0v) is 19.1. The number of ether oxygens (including phenoxy) is 2. The Labute approximate surface area is 191 Å². The summed E-state index contributed by atoms with van der Waals surface area (Å²) in [6, 6.07) is 6.53. The molecule has 2 atom stereocenters. The molecule has 0 N–H and O–H groups in total. The molecule has 2 unspecified atom stereocenters. The number of benzene rings is 1. The number of hydrogen-bond acceptors (Lipinski definition) is 2. The van der Waals surface area contributed by atoms with E-state index in [1.807, 2.05) is 0 Å². The minimum Gasteiger partial charge on any atom is -0.465 e. The second-order valence-electron chi connectivity index (χ2n) is 8.43. The van der Waals surface area contributed by atoms with Crippen LogP contribution in [0.2, 0.25) is 0 Å². The molecule has 2 nitrogen and oxygen atoms in total. The van der Waals surface area contributed by atoms with Gasteiger partial charge in [0, 0.05) is 25.0 Å². The van der Waals surface area contributed by atoms with E-state index >= 15 is 0 Å². The van der Waals surface area contributed by atoms with Gasteiger partial charge in [0.05, 0.1) is 0 Å². The molecule has 177 valence electrons. The number of halogens is 6. The van der Waals surface area contributed by atoms with Gasteiger partial charge in [-0.15, -0.1) is 5.92 Å². The quantitative estimate of drug-likeness (QED) is 0.204. The van der Waals surface area contributed by atoms with E-state index < -0.39 is 24.7 Å². The van der Waals surface area contributed by atoms with Crippen LogP contribution in [0.4, 0.5) is 26.3 Å². The zero-order chi connectivity index (χ0) is 22.5. The fraction of sp³-hybridized carbons (Fsp3) is 0.682. The largest absolute Gasteiger partial charge is 0.465 e. The second-order valence-corrected chi connectivity index (χ2v) is 8.43. The second kappa shape index (κ2) is 11.8. The van der Waals surface area contributed by atoms with Gasteiger partial charge in [-0.1, -0.05) is 63.6 Å². The van der Waals surface area contributed by atoms with Gasteiger partial charge in [0.2, 0.25) is 6.29 Å². The molecule has 0 spiro atoms. The fourth-order valence-electron chi connectivity index (χ4n) is 3.82. The van der Waals surface area contributed by atoms with Crippen molar-refractivity contribution in [2.24, 2.45) is 11.8 Å². The van der Waals surface area contributed by atoms with Crippen molar-refractivity contribution in [3.63, 3.8) is 0 Å². The summed E-state index contributed by atoms with van der Waals surface area (Å²) in [5.41, 5.74) is 0.924. The molecule has 0 saturated heterocycles. The number of rotatable bonds is 9. The molecule has 31 heavy (non-hydrogen) atoms. The van der Waals surface area contributed by atoms with Crippen LogP contribution in [0.5, 0.6) is 5.75 Å². The standard InChI is InChI=1S/C22H29F6O2.V/c1-14(2)12-15(3)17-8-10-18(11-9-17)29-19(13-16-6-4-5-7-16)30-20(21(23,24)25)22(26,27)28;/h8-11,14-16,19-20H,3-7,12-13H2,1-2H3;/q-1;. The third kappa shape index (κ3) is 9.26. The maximum atomic E-state index is 13.0. The van der Waals surface area contributed by atoms with Gasteiger partial charge >= 0.3 is 12.4 Å². The van der Waals surface area contributed by atoms with Gasteiger partial charge in [0.15, 0.2) is 0 Å². The maximum Gasteiger partial charge on any atom is 0.423 e. The molecule has 0 aromatic heterocycles. The Morgan fingerprint density at radius 3 is 1.94 bits per heavy atom. The Kier molecular flexibility index (Phi) is 10.8. The van der Waals surface area contributed by atoms with Gasteiger partial charge in [-0.2, -0.15) is 26.3 Å². The van der Waals surface area contributed by atoms with Crippen molar-refractivity contribution < 1.29 is 54.4 Å². The van der Waals surface area contributed by atoms with E-state index in [0.717, 1.165) is 37.7 Å². The van der Waals surface area contributed by atoms with E-state index in [9.17, 15) is 26.3 Å². The van der Waals surface area contributed by atoms with Crippen molar-refractivity contribution in [1.82, 2.24) is 0 Å². The van der Waals surface area contributed by atoms with Crippen LogP contribution in [0, 0.1) is 18.8 Å². The van der Waals surface area contributed by atoms with Crippen molar-refractivity contribution in [1.29, 1.82) is 0 Å². The Bertz CT molecular complexity index is 625. The van der Waals surface area contributed by atoms with Gasteiger partial charge < -0.3 is 16.4 Å². The Morgan fingerprint density at radius 1 is 0.968 bits per heavy atom. The van der Waals surface area contributed by atoms with E-state index in [-0.39, 0.29) is 42.6 Å². The van der Waals surface area contributed by atoms with Crippen LogP contribution in [0.3, 0.4) is 0 Å². The van der Waals surface area contributed by atoms with Crippen LogP contribution in [-0.2, 0) is 23.3 Å². The first-order valence-electron chi connectivity index (χ1n) is 10.2. The van der Waals surface area contributed by atoms with Crippen LogP contribution >= 0.6 is 0 Å². The van der Waals surface area contributed by atoms with E-state index in [0.29, 0.717) is 5.92 Å². The average Bonchev–Trinajstić information content (AvgIpc) is 3.10. The van der Waals surface area contributed by atoms with Gasteiger partial charge in [0.1, 0.15) is 5.75 Å². The third-order valence-electron chi connectivity index (χ3n) is 5.26. The third-order valence-corrected chi connectivity index (χ3v) is 5.26. The van der Waals surface area contributed by atoms with Gasteiger partial charge in [-0.05, 0) is 24.0 Å². The first kappa shape index (κ1) is 28.2. The summed E-state index contributed by atoms with van der Waals surface area (Å²) in [4.78, 5) is 0. The molecule has 0 amide bonds. The van der Waals surface area contributed by atoms with Gasteiger partial charge in [-0.3, -0.25) is 0 Å². The minimum atomic E-state index is -5.57. The molecule has 1 radical (unpaired) electrons. The zero-order valence-electron chi connectivity index (χ0n) is 17.7. The number of alkyl halides is 6. The summed E-state index contributed by atoms with van der Waals surface area (Å²) >= 11 is 0. The van der Waals surface area contributed by atoms with E-state index in [1.54, 1.807) is 12.1 Å². The Balaban J connectivity index is 0.00000480. The Hall–Kier alpha value is -0.856. The maximum absolute atomic E-state index is 13.0. The summed E-state index contributed by atoms with van der Waals surface area (Å²) in [6.45, 7) is 8.22. The first-order valence-corrected chi connectivity index (χ1v) is 10.2. The molecule has 2 rings (SSSR count). The SMILES string of the molecule is [CH2-]C(CC(C)C)c1ccc(OC(CC2CCCC2)OC(C(F)(F)F)C(F)(F)F)cc1.[V]. The first-order chi connectivity index (χ1) is 13.9. The topological polar surface area (TPSA) is 18.5 Å². The minimum absolute atomic E-state index is 0. The predicted octanol–water partition coefficient (Wildman–Crippen LogP) is 7.44. The summed E-state index contributed by atoms with van der Waals surface area (Å²) < 4.78 is 87.8. The van der Waals surface area contributed by atoms with Crippen molar-refractivity contribution in [2.75, 3.05) is 0 Å². The van der Waals surface area contributed by atoms with Gasteiger partial charge in [-0.25, -0.2) is 0 Å². The molecule has 1 saturated carbocycles. The molecular weight excluding hydrogens is 461 g/mol. The molecule has 0 bridgehead atoms. The number of hydrogen-bond donors (Lipinski definition) is 0. The van der Waals surface area contributed by atoms with Crippen molar-refractivity contribution in [3.8, 4) is 5.75 Å². The molecule has 1 aliphatic rings. The van der Waals surface area contributed by atoms with Crippen LogP contribution in [-0.4, -0.2) is 24.7 Å². The summed E-state index contributed by atoms with van der Waals surface area (Å²) in [5, 5.41) is 0. The van der Waals surface area contributed by atoms with Crippen LogP contribution < -0.4 is 4.74 Å². The normalized spacial score (nSPS) is 17.6. The van der Waals surface area contributed by atoms with Crippen molar-refractivity contribution in [2.45, 2.75) is 83.0 Å². The summed E-state index contributed by atoms with van der Waals surface area (Å²) in [5.74, 6) is 0.618. The average molecular weight is 490 g/mol. The van der Waals surface area contributed by atoms with Crippen LogP contribution in [0.15, 0.2) is 24.3 Å².